The molecule has 0 radical (unpaired) electrons. The van der Waals surface area contributed by atoms with Gasteiger partial charge in [-0.15, -0.1) is 0 Å². The Hall–Kier alpha value is -0.381. The number of nitrogens with zero attached hydrogens (tertiary/aromatic N) is 6. The summed E-state index contributed by atoms with van der Waals surface area (Å²) < 4.78 is 0. The molecule has 0 unspecified atom stereocenters. The van der Waals surface area contributed by atoms with Gasteiger partial charge in [-0.05, 0) is 42.3 Å². The van der Waals surface area contributed by atoms with E-state index >= 15 is 0 Å². The molecule has 2 fully saturated rings. The normalized spacial score (nSPS) is 18.4. The van der Waals surface area contributed by atoms with Crippen molar-refractivity contribution in [2.45, 2.75) is 13.8 Å². The van der Waals surface area contributed by atoms with Crippen molar-refractivity contribution >= 4 is 11.9 Å². The second-order valence-electron chi connectivity index (χ2n) is 8.86. The van der Waals surface area contributed by atoms with Crippen LogP contribution in [-0.2, 0) is 43.7 Å². The smallest absolute Gasteiger partial charge is 0.481 e. The monoisotopic (exact) mass is 626 g/mol. The van der Waals surface area contributed by atoms with Crippen LogP contribution in [0.5, 0.6) is 0 Å². The summed E-state index contributed by atoms with van der Waals surface area (Å²) in [5.74, 6) is -1.67. The molecule has 2 heterocycles. The summed E-state index contributed by atoms with van der Waals surface area (Å²) in [4.78, 5) is 32.4. The van der Waals surface area contributed by atoms with Crippen LogP contribution >= 0.6 is 0 Å². The van der Waals surface area contributed by atoms with Gasteiger partial charge in [0.2, 0.25) is 0 Å². The SMILES string of the molecule is CC(=O)O.CC(=O)O.CN1CCN(C)CCN(C)CC1.CN1CCN(C)CCN(C)CC1.O.O.O.[Mn+3].[Mn+3]. The van der Waals surface area contributed by atoms with Gasteiger partial charge in [0, 0.05) is 92.4 Å². The maximum atomic E-state index is 9.00. The first-order valence-corrected chi connectivity index (χ1v) is 11.3. The van der Waals surface area contributed by atoms with Gasteiger partial charge in [-0.1, -0.05) is 0 Å². The van der Waals surface area contributed by atoms with Crippen molar-refractivity contribution in [2.24, 2.45) is 0 Å². The Balaban J connectivity index is -0.0000000685. The molecule has 2 aliphatic rings. The van der Waals surface area contributed by atoms with E-state index in [4.69, 9.17) is 19.8 Å². The van der Waals surface area contributed by atoms with E-state index in [1.54, 1.807) is 0 Å². The van der Waals surface area contributed by atoms with Crippen molar-refractivity contribution in [3.63, 3.8) is 0 Å². The summed E-state index contributed by atoms with van der Waals surface area (Å²) >= 11 is 0. The molecule has 0 bridgehead atoms. The number of hydrogen-bond acceptors (Lipinski definition) is 8. The molecule has 0 atom stereocenters. The Morgan fingerprint density at radius 3 is 0.514 bits per heavy atom. The fourth-order valence-corrected chi connectivity index (χ4v) is 2.72. The minimum atomic E-state index is -0.833. The van der Waals surface area contributed by atoms with E-state index in [0.29, 0.717) is 0 Å². The van der Waals surface area contributed by atoms with Crippen LogP contribution in [0.1, 0.15) is 13.8 Å². The molecule has 0 aliphatic carbocycles. The first-order valence-electron chi connectivity index (χ1n) is 11.3. The van der Waals surface area contributed by atoms with Gasteiger partial charge < -0.3 is 56.0 Å². The number of carboxylic acids is 2. The van der Waals surface area contributed by atoms with Crippen molar-refractivity contribution in [1.82, 2.24) is 29.4 Å². The number of carbonyl (C=O) groups is 2. The number of likely N-dealkylation sites (N-methyl/N-ethyl adjacent to an activating group) is 6. The molecule has 15 heteroatoms. The van der Waals surface area contributed by atoms with E-state index in [-0.39, 0.29) is 50.6 Å². The molecule has 0 amide bonds. The van der Waals surface area contributed by atoms with E-state index in [1.165, 1.54) is 78.5 Å². The van der Waals surface area contributed by atoms with Crippen LogP contribution in [0.4, 0.5) is 0 Å². The Labute approximate surface area is 246 Å². The first kappa shape index (κ1) is 53.0. The second kappa shape index (κ2) is 33.6. The summed E-state index contributed by atoms with van der Waals surface area (Å²) in [6.45, 7) is 16.6. The zero-order valence-electron chi connectivity index (χ0n) is 24.1. The van der Waals surface area contributed by atoms with Gasteiger partial charge in [-0.2, -0.15) is 0 Å². The summed E-state index contributed by atoms with van der Waals surface area (Å²) in [6, 6.07) is 0. The number of hydrogen-bond donors (Lipinski definition) is 2. The summed E-state index contributed by atoms with van der Waals surface area (Å²) in [5.41, 5.74) is 0. The zero-order valence-corrected chi connectivity index (χ0v) is 26.5. The van der Waals surface area contributed by atoms with E-state index in [1.807, 2.05) is 0 Å². The molecule has 0 aromatic rings. The minimum Gasteiger partial charge on any atom is -0.481 e. The quantitative estimate of drug-likeness (QED) is 0.268. The average Bonchev–Trinajstić information content (AvgIpc) is 2.80. The number of rotatable bonds is 0. The maximum absolute atomic E-state index is 9.00. The van der Waals surface area contributed by atoms with Crippen molar-refractivity contribution in [1.29, 1.82) is 0 Å². The minimum absolute atomic E-state index is 0. The van der Waals surface area contributed by atoms with Crippen LogP contribution in [0.15, 0.2) is 0 Å². The van der Waals surface area contributed by atoms with Gasteiger partial charge in [0.25, 0.3) is 11.9 Å². The van der Waals surface area contributed by atoms with Crippen LogP contribution in [0.3, 0.4) is 0 Å². The zero-order chi connectivity index (χ0) is 25.1. The van der Waals surface area contributed by atoms with E-state index in [0.717, 1.165) is 13.8 Å². The third-order valence-corrected chi connectivity index (χ3v) is 5.18. The first-order chi connectivity index (χ1) is 14.8. The molecule has 0 saturated carbocycles. The largest absolute Gasteiger partial charge is 3.00 e. The number of carboxylic acid groups (broad SMARTS) is 2. The van der Waals surface area contributed by atoms with Crippen molar-refractivity contribution < 1.29 is 70.4 Å². The van der Waals surface area contributed by atoms with Crippen molar-refractivity contribution in [3.8, 4) is 0 Å². The fraction of sp³-hybridized carbons (Fsp3) is 0.909. The van der Waals surface area contributed by atoms with Crippen LogP contribution in [-0.4, -0.2) is 189 Å². The predicted molar refractivity (Wildman–Crippen MR) is 142 cm³/mol. The Morgan fingerprint density at radius 2 is 0.459 bits per heavy atom. The van der Waals surface area contributed by atoms with E-state index in [9.17, 15) is 0 Å². The van der Waals surface area contributed by atoms with Gasteiger partial charge in [-0.3, -0.25) is 9.59 Å². The van der Waals surface area contributed by atoms with Crippen molar-refractivity contribution in [3.05, 3.63) is 0 Å². The van der Waals surface area contributed by atoms with Gasteiger partial charge in [-0.25, -0.2) is 0 Å². The third-order valence-electron chi connectivity index (χ3n) is 5.18. The molecule has 0 aromatic heterocycles. The molecule has 2 aliphatic heterocycles. The molecule has 224 valence electrons. The van der Waals surface area contributed by atoms with Crippen LogP contribution in [0.2, 0.25) is 0 Å². The van der Waals surface area contributed by atoms with E-state index < -0.39 is 11.9 Å². The number of aliphatic carboxylic acids is 2. The van der Waals surface area contributed by atoms with Crippen LogP contribution < -0.4 is 0 Å². The molecular weight excluding hydrogens is 570 g/mol. The Morgan fingerprint density at radius 1 is 0.405 bits per heavy atom. The molecule has 8 N–H and O–H groups in total. The molecule has 2 saturated heterocycles. The Kier molecular flexibility index (Phi) is 48.2. The Bertz CT molecular complexity index is 381. The van der Waals surface area contributed by atoms with Gasteiger partial charge in [0.15, 0.2) is 0 Å². The molecular formula is C22H56Mn2N6O7+6. The van der Waals surface area contributed by atoms with Crippen LogP contribution in [0, 0.1) is 0 Å². The summed E-state index contributed by atoms with van der Waals surface area (Å²) in [5, 5.41) is 14.8. The molecule has 37 heavy (non-hydrogen) atoms. The van der Waals surface area contributed by atoms with Gasteiger partial charge >= 0.3 is 34.1 Å². The maximum Gasteiger partial charge on any atom is 3.00 e. The summed E-state index contributed by atoms with van der Waals surface area (Å²) in [7, 11) is 13.2. The molecule has 2 rings (SSSR count). The predicted octanol–water partition coefficient (Wildman–Crippen LogP) is -2.71. The molecule has 13 nitrogen and oxygen atoms in total. The molecule has 0 aromatic carbocycles. The standard InChI is InChI=1S/2C9H21N3.2C2H4O2.2Mn.3H2O/c2*1-10-4-6-11(2)8-9-12(3)7-5-10;2*1-2(3)4;;;;;/h2*4-9H2,1-3H3;2*1H3,(H,3,4);;;3*1H2/q;;;;2*+3;;;. The van der Waals surface area contributed by atoms with Gasteiger partial charge in [0.05, 0.1) is 0 Å². The third kappa shape index (κ3) is 45.9. The second-order valence-corrected chi connectivity index (χ2v) is 8.86. The van der Waals surface area contributed by atoms with E-state index in [2.05, 4.69) is 71.7 Å². The van der Waals surface area contributed by atoms with Crippen molar-refractivity contribution in [2.75, 3.05) is 121 Å². The fourth-order valence-electron chi connectivity index (χ4n) is 2.72. The summed E-state index contributed by atoms with van der Waals surface area (Å²) in [6.07, 6.45) is 0. The average molecular weight is 627 g/mol. The van der Waals surface area contributed by atoms with Gasteiger partial charge in [0.1, 0.15) is 0 Å². The van der Waals surface area contributed by atoms with Crippen LogP contribution in [0.25, 0.3) is 0 Å². The topological polar surface area (TPSA) is 189 Å². The molecule has 0 spiro atoms.